The second-order valence-corrected chi connectivity index (χ2v) is 8.93. The van der Waals surface area contributed by atoms with Crippen molar-refractivity contribution in [3.05, 3.63) is 107 Å². The summed E-state index contributed by atoms with van der Waals surface area (Å²) in [5.74, 6) is 0.271. The lowest BCUT2D eigenvalue weighted by molar-refractivity contribution is -0.139. The predicted octanol–water partition coefficient (Wildman–Crippen LogP) is 4.75. The van der Waals surface area contributed by atoms with Crippen LogP contribution >= 0.6 is 11.8 Å². The summed E-state index contributed by atoms with van der Waals surface area (Å²) in [7, 11) is 1.58. The minimum atomic E-state index is -0.671. The van der Waals surface area contributed by atoms with Crippen LogP contribution in [0.1, 0.15) is 22.3 Å². The van der Waals surface area contributed by atoms with Gasteiger partial charge < -0.3 is 10.2 Å². The SMILES string of the molecule is CNC(=O)C(Cc1ccccc1)N(Cc1ccc(F)cc1)C(=O)CSCc1ccc(C)cc1. The first-order valence-electron chi connectivity index (χ1n) is 10.9. The molecule has 0 bridgehead atoms. The van der Waals surface area contributed by atoms with Gasteiger partial charge in [0.1, 0.15) is 11.9 Å². The van der Waals surface area contributed by atoms with E-state index in [-0.39, 0.29) is 29.9 Å². The Kier molecular flexibility index (Phi) is 9.07. The Morgan fingerprint density at radius 3 is 2.18 bits per heavy atom. The number of nitrogens with zero attached hydrogens (tertiary/aromatic N) is 1. The van der Waals surface area contributed by atoms with E-state index in [4.69, 9.17) is 0 Å². The number of hydrogen-bond donors (Lipinski definition) is 1. The highest BCUT2D eigenvalue weighted by Crippen LogP contribution is 2.19. The van der Waals surface area contributed by atoms with Crippen molar-refractivity contribution in [2.75, 3.05) is 12.8 Å². The number of benzene rings is 3. The molecule has 1 atom stereocenters. The number of hydrogen-bond acceptors (Lipinski definition) is 3. The molecule has 3 rings (SSSR count). The zero-order valence-corrected chi connectivity index (χ0v) is 19.8. The fraction of sp³-hybridized carbons (Fsp3) is 0.259. The van der Waals surface area contributed by atoms with E-state index in [1.807, 2.05) is 37.3 Å². The number of rotatable bonds is 10. The molecule has 172 valence electrons. The second-order valence-electron chi connectivity index (χ2n) is 7.95. The Hall–Kier alpha value is -3.12. The van der Waals surface area contributed by atoms with Crippen molar-refractivity contribution in [2.45, 2.75) is 31.7 Å². The summed E-state index contributed by atoms with van der Waals surface area (Å²) >= 11 is 1.52. The lowest BCUT2D eigenvalue weighted by Gasteiger charge is -2.31. The number of amides is 2. The fourth-order valence-corrected chi connectivity index (χ4v) is 4.40. The number of carbonyl (C=O) groups excluding carboxylic acids is 2. The maximum Gasteiger partial charge on any atom is 0.242 e. The molecule has 1 unspecified atom stereocenters. The van der Waals surface area contributed by atoms with Crippen LogP contribution in [0.25, 0.3) is 0 Å². The largest absolute Gasteiger partial charge is 0.357 e. The molecule has 0 radical (unpaired) electrons. The quantitative estimate of drug-likeness (QED) is 0.471. The number of thioether (sulfide) groups is 1. The van der Waals surface area contributed by atoms with Gasteiger partial charge in [-0.25, -0.2) is 4.39 Å². The molecule has 0 heterocycles. The van der Waals surface area contributed by atoms with Crippen LogP contribution in [0, 0.1) is 12.7 Å². The standard InChI is InChI=1S/C27H29FN2O2S/c1-20-8-10-23(11-9-20)18-33-19-26(31)30(17-22-12-14-24(28)15-13-22)25(27(32)29-2)16-21-6-4-3-5-7-21/h3-15,25H,16-19H2,1-2H3,(H,29,32). The molecule has 0 aliphatic rings. The Balaban J connectivity index is 1.79. The van der Waals surface area contributed by atoms with Gasteiger partial charge in [0.25, 0.3) is 0 Å². The molecule has 1 N–H and O–H groups in total. The average Bonchev–Trinajstić information content (AvgIpc) is 2.83. The summed E-state index contributed by atoms with van der Waals surface area (Å²) in [6.45, 7) is 2.27. The third-order valence-corrected chi connectivity index (χ3v) is 6.39. The van der Waals surface area contributed by atoms with Gasteiger partial charge in [-0.3, -0.25) is 9.59 Å². The highest BCUT2D eigenvalue weighted by Gasteiger charge is 2.29. The Labute approximate surface area is 199 Å². The van der Waals surface area contributed by atoms with Crippen LogP contribution in [-0.4, -0.2) is 35.6 Å². The van der Waals surface area contributed by atoms with Gasteiger partial charge in [-0.05, 0) is 35.7 Å². The van der Waals surface area contributed by atoms with Gasteiger partial charge in [0.15, 0.2) is 0 Å². The van der Waals surface area contributed by atoms with Gasteiger partial charge in [-0.15, -0.1) is 11.8 Å². The highest BCUT2D eigenvalue weighted by atomic mass is 32.2. The van der Waals surface area contributed by atoms with E-state index in [0.717, 1.165) is 16.7 Å². The zero-order valence-electron chi connectivity index (χ0n) is 19.0. The van der Waals surface area contributed by atoms with Crippen molar-refractivity contribution in [3.63, 3.8) is 0 Å². The van der Waals surface area contributed by atoms with Crippen molar-refractivity contribution < 1.29 is 14.0 Å². The zero-order chi connectivity index (χ0) is 23.6. The van der Waals surface area contributed by atoms with Crippen LogP contribution in [0.2, 0.25) is 0 Å². The number of aryl methyl sites for hydroxylation is 1. The van der Waals surface area contributed by atoms with Crippen molar-refractivity contribution >= 4 is 23.6 Å². The molecule has 2 amide bonds. The van der Waals surface area contributed by atoms with Crippen LogP contribution in [0.4, 0.5) is 4.39 Å². The van der Waals surface area contributed by atoms with E-state index < -0.39 is 6.04 Å². The Morgan fingerprint density at radius 1 is 0.909 bits per heavy atom. The number of nitrogens with one attached hydrogen (secondary N) is 1. The molecule has 3 aromatic carbocycles. The molecule has 0 saturated heterocycles. The smallest absolute Gasteiger partial charge is 0.242 e. The van der Waals surface area contributed by atoms with E-state index in [1.165, 1.54) is 29.5 Å². The minimum Gasteiger partial charge on any atom is -0.357 e. The van der Waals surface area contributed by atoms with Gasteiger partial charge in [0, 0.05) is 25.8 Å². The van der Waals surface area contributed by atoms with E-state index in [1.54, 1.807) is 24.1 Å². The minimum absolute atomic E-state index is 0.124. The topological polar surface area (TPSA) is 49.4 Å². The van der Waals surface area contributed by atoms with Crippen LogP contribution in [0.15, 0.2) is 78.9 Å². The second kappa shape index (κ2) is 12.2. The van der Waals surface area contributed by atoms with Gasteiger partial charge in [0.05, 0.1) is 5.75 Å². The molecule has 33 heavy (non-hydrogen) atoms. The van der Waals surface area contributed by atoms with E-state index in [9.17, 15) is 14.0 Å². The summed E-state index contributed by atoms with van der Waals surface area (Å²) < 4.78 is 13.4. The summed E-state index contributed by atoms with van der Waals surface area (Å²) in [6.07, 6.45) is 0.399. The highest BCUT2D eigenvalue weighted by molar-refractivity contribution is 7.99. The molecule has 0 aliphatic carbocycles. The Morgan fingerprint density at radius 2 is 1.55 bits per heavy atom. The molecule has 3 aromatic rings. The lowest BCUT2D eigenvalue weighted by atomic mass is 10.0. The van der Waals surface area contributed by atoms with Gasteiger partial charge in [-0.2, -0.15) is 0 Å². The van der Waals surface area contributed by atoms with E-state index >= 15 is 0 Å². The summed E-state index contributed by atoms with van der Waals surface area (Å²) in [4.78, 5) is 27.8. The number of carbonyl (C=O) groups is 2. The van der Waals surface area contributed by atoms with Crippen molar-refractivity contribution in [2.24, 2.45) is 0 Å². The van der Waals surface area contributed by atoms with Gasteiger partial charge in [0.2, 0.25) is 11.8 Å². The predicted molar refractivity (Wildman–Crippen MR) is 132 cm³/mol. The van der Waals surface area contributed by atoms with Crippen LogP contribution in [0.3, 0.4) is 0 Å². The van der Waals surface area contributed by atoms with Gasteiger partial charge in [-0.1, -0.05) is 72.3 Å². The van der Waals surface area contributed by atoms with Crippen LogP contribution in [-0.2, 0) is 28.3 Å². The third kappa shape index (κ3) is 7.46. The summed E-state index contributed by atoms with van der Waals surface area (Å²) in [5.41, 5.74) is 4.08. The molecule has 0 aliphatic heterocycles. The van der Waals surface area contributed by atoms with Crippen LogP contribution < -0.4 is 5.32 Å². The molecule has 0 saturated carbocycles. The maximum absolute atomic E-state index is 13.4. The average molecular weight is 465 g/mol. The van der Waals surface area contributed by atoms with Gasteiger partial charge >= 0.3 is 0 Å². The van der Waals surface area contributed by atoms with Crippen molar-refractivity contribution in [1.29, 1.82) is 0 Å². The van der Waals surface area contributed by atoms with Crippen LogP contribution in [0.5, 0.6) is 0 Å². The summed E-state index contributed by atoms with van der Waals surface area (Å²) in [6, 6.07) is 23.3. The number of halogens is 1. The molecule has 0 spiro atoms. The van der Waals surface area contributed by atoms with Crippen molar-refractivity contribution in [3.8, 4) is 0 Å². The monoisotopic (exact) mass is 464 g/mol. The Bertz CT molecular complexity index is 1040. The third-order valence-electron chi connectivity index (χ3n) is 5.40. The summed E-state index contributed by atoms with van der Waals surface area (Å²) in [5, 5.41) is 2.70. The first kappa shape index (κ1) is 24.5. The lowest BCUT2D eigenvalue weighted by Crippen LogP contribution is -2.50. The first-order valence-corrected chi connectivity index (χ1v) is 12.0. The fourth-order valence-electron chi connectivity index (χ4n) is 3.53. The molecule has 0 aromatic heterocycles. The normalized spacial score (nSPS) is 11.6. The number of likely N-dealkylation sites (N-methyl/N-ethyl adjacent to an activating group) is 1. The van der Waals surface area contributed by atoms with Crippen molar-refractivity contribution in [1.82, 2.24) is 10.2 Å². The molecule has 6 heteroatoms. The van der Waals surface area contributed by atoms with E-state index in [0.29, 0.717) is 12.2 Å². The maximum atomic E-state index is 13.4. The molecular formula is C27H29FN2O2S. The first-order chi connectivity index (χ1) is 16.0. The molecular weight excluding hydrogens is 435 g/mol. The molecule has 0 fully saturated rings. The van der Waals surface area contributed by atoms with E-state index in [2.05, 4.69) is 29.6 Å². The molecule has 4 nitrogen and oxygen atoms in total.